The number of carbonyl (C=O) groups excluding carboxylic acids is 1. The zero-order valence-corrected chi connectivity index (χ0v) is 17.8. The summed E-state index contributed by atoms with van der Waals surface area (Å²) in [5, 5.41) is 0. The van der Waals surface area contributed by atoms with Crippen LogP contribution in [0.4, 0.5) is 0 Å². The molecule has 0 aliphatic carbocycles. The molecule has 1 aliphatic rings. The van der Waals surface area contributed by atoms with Crippen LogP contribution in [0.15, 0.2) is 24.3 Å². The van der Waals surface area contributed by atoms with E-state index >= 15 is 0 Å². The molecule has 0 radical (unpaired) electrons. The summed E-state index contributed by atoms with van der Waals surface area (Å²) in [6.07, 6.45) is 0. The molecule has 1 aliphatic heterocycles. The molecule has 3 rings (SSSR count). The van der Waals surface area contributed by atoms with Gasteiger partial charge in [-0.15, -0.1) is 0 Å². The van der Waals surface area contributed by atoms with Gasteiger partial charge < -0.3 is 33.2 Å². The van der Waals surface area contributed by atoms with Gasteiger partial charge in [0.15, 0.2) is 23.0 Å². The SMILES string of the molecule is COc1cc(C2=C(c3cc(OC)c(OC)c(OC)c3)C(=O)OC2)cc(OC)c1OC. The van der Waals surface area contributed by atoms with Crippen LogP contribution in [0.3, 0.4) is 0 Å². The van der Waals surface area contributed by atoms with E-state index in [1.165, 1.54) is 42.7 Å². The predicted octanol–water partition coefficient (Wildman–Crippen LogP) is 3.21. The Hall–Kier alpha value is -3.55. The highest BCUT2D eigenvalue weighted by Gasteiger charge is 2.30. The summed E-state index contributed by atoms with van der Waals surface area (Å²) in [6, 6.07) is 6.97. The van der Waals surface area contributed by atoms with Gasteiger partial charge in [-0.05, 0) is 35.4 Å². The first-order valence-electron chi connectivity index (χ1n) is 9.03. The normalized spacial score (nSPS) is 13.1. The predicted molar refractivity (Wildman–Crippen MR) is 110 cm³/mol. The average molecular weight is 416 g/mol. The van der Waals surface area contributed by atoms with Crippen LogP contribution in [-0.2, 0) is 9.53 Å². The molecule has 2 aromatic carbocycles. The van der Waals surface area contributed by atoms with E-state index in [9.17, 15) is 4.79 Å². The summed E-state index contributed by atoms with van der Waals surface area (Å²) >= 11 is 0. The van der Waals surface area contributed by atoms with Crippen molar-refractivity contribution in [2.24, 2.45) is 0 Å². The number of carbonyl (C=O) groups is 1. The third kappa shape index (κ3) is 3.56. The van der Waals surface area contributed by atoms with Crippen molar-refractivity contribution in [3.05, 3.63) is 35.4 Å². The zero-order chi connectivity index (χ0) is 21.8. The Morgan fingerprint density at radius 3 is 1.40 bits per heavy atom. The van der Waals surface area contributed by atoms with Crippen molar-refractivity contribution in [3.63, 3.8) is 0 Å². The van der Waals surface area contributed by atoms with Gasteiger partial charge in [-0.3, -0.25) is 0 Å². The summed E-state index contributed by atoms with van der Waals surface area (Å²) < 4.78 is 37.8. The molecule has 30 heavy (non-hydrogen) atoms. The Labute approximate surface area is 174 Å². The van der Waals surface area contributed by atoms with Crippen LogP contribution in [0.1, 0.15) is 11.1 Å². The molecule has 160 valence electrons. The molecule has 0 aromatic heterocycles. The number of hydrogen-bond acceptors (Lipinski definition) is 8. The van der Waals surface area contributed by atoms with E-state index in [2.05, 4.69) is 0 Å². The number of methoxy groups -OCH3 is 6. The summed E-state index contributed by atoms with van der Waals surface area (Å²) in [6.45, 7) is 0.101. The molecule has 0 atom stereocenters. The highest BCUT2D eigenvalue weighted by Crippen LogP contribution is 2.45. The van der Waals surface area contributed by atoms with Gasteiger partial charge in [0.2, 0.25) is 11.5 Å². The topological polar surface area (TPSA) is 81.7 Å². The van der Waals surface area contributed by atoms with Crippen LogP contribution in [-0.4, -0.2) is 55.2 Å². The van der Waals surface area contributed by atoms with Crippen LogP contribution in [0.25, 0.3) is 11.1 Å². The Morgan fingerprint density at radius 1 is 0.633 bits per heavy atom. The van der Waals surface area contributed by atoms with E-state index in [1.54, 1.807) is 24.3 Å². The monoisotopic (exact) mass is 416 g/mol. The van der Waals surface area contributed by atoms with Crippen molar-refractivity contribution in [3.8, 4) is 34.5 Å². The van der Waals surface area contributed by atoms with Gasteiger partial charge in [0.05, 0.1) is 48.2 Å². The summed E-state index contributed by atoms with van der Waals surface area (Å²) in [5.74, 6) is 2.26. The number of rotatable bonds is 8. The van der Waals surface area contributed by atoms with Crippen molar-refractivity contribution in [2.75, 3.05) is 49.3 Å². The van der Waals surface area contributed by atoms with Gasteiger partial charge in [0, 0.05) is 5.57 Å². The Balaban J connectivity index is 2.25. The summed E-state index contributed by atoms with van der Waals surface area (Å²) in [5.41, 5.74) is 2.35. The second kappa shape index (κ2) is 8.86. The van der Waals surface area contributed by atoms with E-state index in [-0.39, 0.29) is 6.61 Å². The minimum absolute atomic E-state index is 0.101. The lowest BCUT2D eigenvalue weighted by atomic mass is 9.95. The molecule has 8 heteroatoms. The molecule has 0 bridgehead atoms. The second-order valence-corrected chi connectivity index (χ2v) is 6.26. The Kier molecular flexibility index (Phi) is 6.25. The van der Waals surface area contributed by atoms with Gasteiger partial charge >= 0.3 is 5.97 Å². The van der Waals surface area contributed by atoms with E-state index in [4.69, 9.17) is 33.2 Å². The Bertz CT molecular complexity index is 943. The molecule has 0 fully saturated rings. The summed E-state index contributed by atoms with van der Waals surface area (Å²) in [4.78, 5) is 12.7. The minimum Gasteiger partial charge on any atom is -0.493 e. The lowest BCUT2D eigenvalue weighted by Crippen LogP contribution is -2.02. The first kappa shape index (κ1) is 21.2. The van der Waals surface area contributed by atoms with E-state index < -0.39 is 5.97 Å². The van der Waals surface area contributed by atoms with Crippen molar-refractivity contribution in [2.45, 2.75) is 0 Å². The van der Waals surface area contributed by atoms with E-state index in [0.29, 0.717) is 56.8 Å². The van der Waals surface area contributed by atoms with Gasteiger partial charge in [-0.2, -0.15) is 0 Å². The largest absolute Gasteiger partial charge is 0.493 e. The molecule has 0 amide bonds. The molecule has 0 N–H and O–H groups in total. The maximum absolute atomic E-state index is 12.7. The fourth-order valence-corrected chi connectivity index (χ4v) is 3.41. The van der Waals surface area contributed by atoms with Crippen molar-refractivity contribution >= 4 is 17.1 Å². The van der Waals surface area contributed by atoms with Crippen LogP contribution in [0.5, 0.6) is 34.5 Å². The van der Waals surface area contributed by atoms with Gasteiger partial charge in [0.25, 0.3) is 0 Å². The lowest BCUT2D eigenvalue weighted by molar-refractivity contribution is -0.133. The third-order valence-corrected chi connectivity index (χ3v) is 4.82. The minimum atomic E-state index is -0.451. The maximum Gasteiger partial charge on any atom is 0.339 e. The average Bonchev–Trinajstić information content (AvgIpc) is 3.17. The fourth-order valence-electron chi connectivity index (χ4n) is 3.41. The van der Waals surface area contributed by atoms with Crippen LogP contribution < -0.4 is 28.4 Å². The fraction of sp³-hybridized carbons (Fsp3) is 0.318. The van der Waals surface area contributed by atoms with Gasteiger partial charge in [0.1, 0.15) is 6.61 Å². The molecule has 1 heterocycles. The smallest absolute Gasteiger partial charge is 0.339 e. The van der Waals surface area contributed by atoms with E-state index in [1.807, 2.05) is 0 Å². The second-order valence-electron chi connectivity index (χ2n) is 6.26. The standard InChI is InChI=1S/C22H24O8/c1-24-15-7-12(8-16(25-2)20(15)28-5)14-11-30-22(23)19(14)13-9-17(26-3)21(29-6)18(10-13)27-4/h7-10H,11H2,1-6H3. The lowest BCUT2D eigenvalue weighted by Gasteiger charge is -2.16. The van der Waals surface area contributed by atoms with Crippen LogP contribution in [0.2, 0.25) is 0 Å². The maximum atomic E-state index is 12.7. The molecule has 0 saturated heterocycles. The Morgan fingerprint density at radius 2 is 1.03 bits per heavy atom. The first-order valence-corrected chi connectivity index (χ1v) is 9.03. The first-order chi connectivity index (χ1) is 14.5. The molecule has 0 saturated carbocycles. The zero-order valence-electron chi connectivity index (χ0n) is 17.8. The van der Waals surface area contributed by atoms with Crippen LogP contribution in [0, 0.1) is 0 Å². The molecule has 0 unspecified atom stereocenters. The molecule has 2 aromatic rings. The molecule has 8 nitrogen and oxygen atoms in total. The number of esters is 1. The number of benzene rings is 2. The molecule has 0 spiro atoms. The third-order valence-electron chi connectivity index (χ3n) is 4.82. The van der Waals surface area contributed by atoms with Crippen LogP contribution >= 0.6 is 0 Å². The van der Waals surface area contributed by atoms with Crippen molar-refractivity contribution in [1.82, 2.24) is 0 Å². The van der Waals surface area contributed by atoms with Crippen molar-refractivity contribution < 1.29 is 38.0 Å². The number of hydrogen-bond donors (Lipinski definition) is 0. The quantitative estimate of drug-likeness (QED) is 0.607. The van der Waals surface area contributed by atoms with Gasteiger partial charge in [-0.25, -0.2) is 4.79 Å². The molecular formula is C22H24O8. The number of ether oxygens (including phenoxy) is 7. The highest BCUT2D eigenvalue weighted by molar-refractivity contribution is 6.27. The van der Waals surface area contributed by atoms with Crippen molar-refractivity contribution in [1.29, 1.82) is 0 Å². The number of cyclic esters (lactones) is 1. The van der Waals surface area contributed by atoms with Gasteiger partial charge in [-0.1, -0.05) is 0 Å². The van der Waals surface area contributed by atoms with E-state index in [0.717, 1.165) is 0 Å². The summed E-state index contributed by atoms with van der Waals surface area (Å²) in [7, 11) is 9.15. The molecular weight excluding hydrogens is 392 g/mol. The highest BCUT2D eigenvalue weighted by atomic mass is 16.5.